The summed E-state index contributed by atoms with van der Waals surface area (Å²) < 4.78 is 0. The molecule has 2 aliphatic heterocycles. The van der Waals surface area contributed by atoms with E-state index < -0.39 is 6.04 Å². The van der Waals surface area contributed by atoms with Crippen molar-refractivity contribution in [2.75, 3.05) is 49.9 Å². The summed E-state index contributed by atoms with van der Waals surface area (Å²) in [6, 6.07) is 16.1. The largest absolute Gasteiger partial charge is 0.384 e. The Labute approximate surface area is 238 Å². The number of likely N-dealkylation sites (tertiary alicyclic amines) is 1. The lowest BCUT2D eigenvalue weighted by atomic mass is 10.1. The average molecular weight is 564 g/mol. The molecule has 1 aromatic heterocycles. The second kappa shape index (κ2) is 12.4. The van der Waals surface area contributed by atoms with Gasteiger partial charge in [-0.05, 0) is 43.0 Å². The van der Waals surface area contributed by atoms with E-state index in [1.807, 2.05) is 48.5 Å². The molecular formula is C29H34ClN7O3. The molecule has 2 fully saturated rings. The van der Waals surface area contributed by atoms with Crippen molar-refractivity contribution in [2.45, 2.75) is 31.8 Å². The number of hydrogen-bond acceptors (Lipinski definition) is 6. The lowest BCUT2D eigenvalue weighted by Gasteiger charge is -2.37. The number of nitrogen functional groups attached to an aromatic ring is 1. The summed E-state index contributed by atoms with van der Waals surface area (Å²) >= 11 is 6.14. The van der Waals surface area contributed by atoms with Crippen LogP contribution < -0.4 is 21.3 Å². The number of rotatable bonds is 6. The number of halogens is 1. The number of carbonyl (C=O) groups is 3. The van der Waals surface area contributed by atoms with Gasteiger partial charge in [-0.1, -0.05) is 41.9 Å². The average Bonchev–Trinajstić information content (AvgIpc) is 3.12. The van der Waals surface area contributed by atoms with Crippen LogP contribution in [0.15, 0.2) is 54.6 Å². The highest BCUT2D eigenvalue weighted by atomic mass is 35.5. The molecule has 5 rings (SSSR count). The zero-order valence-electron chi connectivity index (χ0n) is 22.3. The van der Waals surface area contributed by atoms with E-state index in [0.29, 0.717) is 56.5 Å². The lowest BCUT2D eigenvalue weighted by molar-refractivity contribution is -0.137. The van der Waals surface area contributed by atoms with Crippen molar-refractivity contribution in [3.8, 4) is 0 Å². The predicted octanol–water partition coefficient (Wildman–Crippen LogP) is 3.00. The molecule has 4 amide bonds. The molecule has 2 aliphatic rings. The molecule has 0 saturated carbocycles. The van der Waals surface area contributed by atoms with Crippen molar-refractivity contribution in [3.63, 3.8) is 0 Å². The van der Waals surface area contributed by atoms with Crippen molar-refractivity contribution in [3.05, 3.63) is 65.2 Å². The van der Waals surface area contributed by atoms with E-state index in [9.17, 15) is 14.4 Å². The third-order valence-corrected chi connectivity index (χ3v) is 7.66. The Hall–Kier alpha value is -4.05. The smallest absolute Gasteiger partial charge is 0.318 e. The van der Waals surface area contributed by atoms with Gasteiger partial charge in [0.1, 0.15) is 11.9 Å². The molecule has 0 spiro atoms. The lowest BCUT2D eigenvalue weighted by Crippen LogP contribution is -2.56. The van der Waals surface area contributed by atoms with Crippen LogP contribution in [0.4, 0.5) is 16.3 Å². The van der Waals surface area contributed by atoms with Crippen LogP contribution in [0, 0.1) is 0 Å². The number of nitrogens with two attached hydrogens (primary N) is 1. The predicted molar refractivity (Wildman–Crippen MR) is 156 cm³/mol. The van der Waals surface area contributed by atoms with Gasteiger partial charge in [0.2, 0.25) is 11.8 Å². The number of piperazine rings is 1. The second-order valence-electron chi connectivity index (χ2n) is 10.2. The topological polar surface area (TPSA) is 124 Å². The van der Waals surface area contributed by atoms with Crippen molar-refractivity contribution in [1.29, 1.82) is 0 Å². The number of amides is 4. The molecule has 0 bridgehead atoms. The summed E-state index contributed by atoms with van der Waals surface area (Å²) in [5.74, 6) is -0.0151. The first kappa shape index (κ1) is 27.5. The molecule has 3 heterocycles. The maximum atomic E-state index is 13.3. The Morgan fingerprint density at radius 2 is 1.77 bits per heavy atom. The number of fused-ring (bicyclic) bond motifs is 1. The van der Waals surface area contributed by atoms with Crippen LogP contribution in [-0.2, 0) is 16.1 Å². The zero-order valence-corrected chi connectivity index (χ0v) is 23.1. The van der Waals surface area contributed by atoms with Gasteiger partial charge in [-0.2, -0.15) is 0 Å². The summed E-state index contributed by atoms with van der Waals surface area (Å²) in [5, 5.41) is 7.37. The van der Waals surface area contributed by atoms with Crippen LogP contribution in [0.25, 0.3) is 10.9 Å². The molecule has 3 aromatic rings. The molecule has 2 aromatic carbocycles. The van der Waals surface area contributed by atoms with Crippen LogP contribution >= 0.6 is 11.6 Å². The Bertz CT molecular complexity index is 1370. The summed E-state index contributed by atoms with van der Waals surface area (Å²) in [4.78, 5) is 48.9. The first-order valence-corrected chi connectivity index (χ1v) is 14.0. The molecule has 0 aliphatic carbocycles. The first-order chi connectivity index (χ1) is 19.4. The molecule has 10 nitrogen and oxygen atoms in total. The highest BCUT2D eigenvalue weighted by molar-refractivity contribution is 6.31. The normalized spacial score (nSPS) is 18.0. The molecular weight excluding hydrogens is 530 g/mol. The summed E-state index contributed by atoms with van der Waals surface area (Å²) in [7, 11) is 0. The van der Waals surface area contributed by atoms with Crippen molar-refractivity contribution < 1.29 is 14.4 Å². The Morgan fingerprint density at radius 1 is 1.00 bits per heavy atom. The third kappa shape index (κ3) is 6.56. The van der Waals surface area contributed by atoms with Gasteiger partial charge in [0.15, 0.2) is 0 Å². The minimum atomic E-state index is -0.649. The van der Waals surface area contributed by atoms with Gasteiger partial charge in [-0.15, -0.1) is 0 Å². The molecule has 210 valence electrons. The molecule has 1 atom stereocenters. The highest BCUT2D eigenvalue weighted by Crippen LogP contribution is 2.30. The standard InChI is InChI=1S/C29H34ClN7O3/c30-21-9-10-22-24(16-21)33-26(31)17-25(22)35-12-14-36(15-13-35)29(40)34-23-8-4-5-11-37(28(23)39)19-27(38)32-18-20-6-2-1-3-7-20/h1-3,6-7,9-10,16-17,23H,4-5,8,11-15,18-19H2,(H2,31,33)(H,32,38)(H,34,40)/t23-/m0/s1. The van der Waals surface area contributed by atoms with Crippen LogP contribution in [0.5, 0.6) is 0 Å². The fraction of sp³-hybridized carbons (Fsp3) is 0.379. The monoisotopic (exact) mass is 563 g/mol. The second-order valence-corrected chi connectivity index (χ2v) is 10.7. The third-order valence-electron chi connectivity index (χ3n) is 7.42. The number of nitrogens with one attached hydrogen (secondary N) is 2. The van der Waals surface area contributed by atoms with Crippen molar-refractivity contribution in [1.82, 2.24) is 25.4 Å². The number of nitrogens with zero attached hydrogens (tertiary/aromatic N) is 4. The van der Waals surface area contributed by atoms with Crippen LogP contribution in [0.2, 0.25) is 5.02 Å². The summed E-state index contributed by atoms with van der Waals surface area (Å²) in [6.45, 7) is 3.10. The van der Waals surface area contributed by atoms with E-state index in [4.69, 9.17) is 17.3 Å². The number of carbonyl (C=O) groups excluding carboxylic acids is 3. The summed E-state index contributed by atoms with van der Waals surface area (Å²) in [5.41, 5.74) is 8.74. The molecule has 0 unspecified atom stereocenters. The van der Waals surface area contributed by atoms with Gasteiger partial charge in [0.05, 0.1) is 12.1 Å². The highest BCUT2D eigenvalue weighted by Gasteiger charge is 2.31. The molecule has 11 heteroatoms. The molecule has 4 N–H and O–H groups in total. The number of aromatic nitrogens is 1. The molecule has 2 saturated heterocycles. The Kier molecular flexibility index (Phi) is 8.54. The first-order valence-electron chi connectivity index (χ1n) is 13.6. The number of hydrogen-bond donors (Lipinski definition) is 3. The fourth-order valence-electron chi connectivity index (χ4n) is 5.28. The number of benzene rings is 2. The minimum absolute atomic E-state index is 0.0229. The minimum Gasteiger partial charge on any atom is -0.384 e. The van der Waals surface area contributed by atoms with E-state index >= 15 is 0 Å². The fourth-order valence-corrected chi connectivity index (χ4v) is 5.44. The van der Waals surface area contributed by atoms with Gasteiger partial charge < -0.3 is 31.1 Å². The Balaban J connectivity index is 1.15. The van der Waals surface area contributed by atoms with E-state index in [2.05, 4.69) is 20.5 Å². The van der Waals surface area contributed by atoms with E-state index in [1.165, 1.54) is 0 Å². The van der Waals surface area contributed by atoms with Crippen LogP contribution in [-0.4, -0.2) is 77.9 Å². The number of urea groups is 1. The number of pyridine rings is 1. The van der Waals surface area contributed by atoms with E-state index in [-0.39, 0.29) is 24.4 Å². The zero-order chi connectivity index (χ0) is 28.1. The maximum absolute atomic E-state index is 13.3. The van der Waals surface area contributed by atoms with E-state index in [0.717, 1.165) is 35.0 Å². The van der Waals surface area contributed by atoms with Crippen molar-refractivity contribution >= 4 is 51.9 Å². The van der Waals surface area contributed by atoms with Crippen LogP contribution in [0.3, 0.4) is 0 Å². The maximum Gasteiger partial charge on any atom is 0.318 e. The van der Waals surface area contributed by atoms with E-state index in [1.54, 1.807) is 15.9 Å². The van der Waals surface area contributed by atoms with Crippen LogP contribution in [0.1, 0.15) is 24.8 Å². The number of anilines is 2. The molecule has 0 radical (unpaired) electrons. The Morgan fingerprint density at radius 3 is 2.55 bits per heavy atom. The van der Waals surface area contributed by atoms with Gasteiger partial charge in [-0.25, -0.2) is 9.78 Å². The van der Waals surface area contributed by atoms with Gasteiger partial charge >= 0.3 is 6.03 Å². The van der Waals surface area contributed by atoms with Gasteiger partial charge in [0, 0.05) is 61.4 Å². The van der Waals surface area contributed by atoms with Gasteiger partial charge in [0.25, 0.3) is 0 Å². The molecule has 40 heavy (non-hydrogen) atoms. The summed E-state index contributed by atoms with van der Waals surface area (Å²) in [6.07, 6.45) is 2.14. The SMILES string of the molecule is Nc1cc(N2CCN(C(=O)N[C@H]3CCCCN(CC(=O)NCc4ccccc4)C3=O)CC2)c2ccc(Cl)cc2n1. The quantitative estimate of drug-likeness (QED) is 0.423. The van der Waals surface area contributed by atoms with Gasteiger partial charge in [-0.3, -0.25) is 9.59 Å². The van der Waals surface area contributed by atoms with Crippen molar-refractivity contribution in [2.24, 2.45) is 0 Å².